The maximum atomic E-state index is 12.5. The van der Waals surface area contributed by atoms with Gasteiger partial charge in [0.2, 0.25) is 0 Å². The summed E-state index contributed by atoms with van der Waals surface area (Å²) in [5, 5.41) is 10.6. The summed E-state index contributed by atoms with van der Waals surface area (Å²) in [6.45, 7) is 3.20. The van der Waals surface area contributed by atoms with Crippen molar-refractivity contribution in [3.63, 3.8) is 0 Å². The lowest BCUT2D eigenvalue weighted by Crippen LogP contribution is -2.37. The van der Waals surface area contributed by atoms with Crippen LogP contribution in [0.25, 0.3) is 0 Å². The minimum Gasteiger partial charge on any atom is -0.463 e. The lowest BCUT2D eigenvalue weighted by Gasteiger charge is -2.14. The monoisotopic (exact) mass is 223 g/mol. The average molecular weight is 223 g/mol. The van der Waals surface area contributed by atoms with Crippen LogP contribution in [0.5, 0.6) is 0 Å². The number of esters is 1. The lowest BCUT2D eigenvalue weighted by atomic mass is 10.3. The van der Waals surface area contributed by atoms with Gasteiger partial charge >= 0.3 is 5.97 Å². The first kappa shape index (κ1) is 14.0. The zero-order valence-corrected chi connectivity index (χ0v) is 8.56. The van der Waals surface area contributed by atoms with Crippen molar-refractivity contribution in [2.45, 2.75) is 12.8 Å². The molecule has 0 aliphatic heterocycles. The largest absolute Gasteiger partial charge is 0.463 e. The van der Waals surface area contributed by atoms with Crippen LogP contribution in [-0.4, -0.2) is 43.3 Å². The topological polar surface area (TPSA) is 58.6 Å². The Morgan fingerprint density at radius 1 is 1.60 bits per heavy atom. The van der Waals surface area contributed by atoms with Gasteiger partial charge in [-0.25, -0.2) is 13.6 Å². The molecule has 6 heteroatoms. The summed E-state index contributed by atoms with van der Waals surface area (Å²) in [7, 11) is 0. The van der Waals surface area contributed by atoms with Gasteiger partial charge in [-0.05, 0) is 6.92 Å². The Kier molecular flexibility index (Phi) is 6.03. The third-order valence-electron chi connectivity index (χ3n) is 1.52. The first-order valence-electron chi connectivity index (χ1n) is 4.47. The second-order valence-corrected chi connectivity index (χ2v) is 2.94. The summed E-state index contributed by atoms with van der Waals surface area (Å²) in [6.07, 6.45) is 0. The molecular formula is C9H15F2NO3. The number of aliphatic hydroxyl groups excluding tert-OH is 1. The summed E-state index contributed by atoms with van der Waals surface area (Å²) < 4.78 is 29.6. The molecule has 0 radical (unpaired) electrons. The SMILES string of the molecule is C=C(CNCC(F)(F)CO)C(=O)OCC. The van der Waals surface area contributed by atoms with E-state index in [1.807, 2.05) is 0 Å². The molecular weight excluding hydrogens is 208 g/mol. The summed E-state index contributed by atoms with van der Waals surface area (Å²) in [6, 6.07) is 0. The van der Waals surface area contributed by atoms with Crippen LogP contribution in [0.1, 0.15) is 6.92 Å². The van der Waals surface area contributed by atoms with Gasteiger partial charge in [-0.3, -0.25) is 0 Å². The highest BCUT2D eigenvalue weighted by Gasteiger charge is 2.27. The summed E-state index contributed by atoms with van der Waals surface area (Å²) in [5.41, 5.74) is 0.0746. The lowest BCUT2D eigenvalue weighted by molar-refractivity contribution is -0.138. The molecule has 2 N–H and O–H groups in total. The molecule has 15 heavy (non-hydrogen) atoms. The standard InChI is InChI=1S/C9H15F2NO3/c1-3-15-8(14)7(2)4-12-5-9(10,11)6-13/h12-13H,2-6H2,1H3. The molecule has 0 unspecified atom stereocenters. The van der Waals surface area contributed by atoms with Gasteiger partial charge in [0.05, 0.1) is 13.2 Å². The molecule has 0 heterocycles. The Morgan fingerprint density at radius 3 is 2.67 bits per heavy atom. The summed E-state index contributed by atoms with van der Waals surface area (Å²) >= 11 is 0. The molecule has 0 rings (SSSR count). The Morgan fingerprint density at radius 2 is 2.20 bits per heavy atom. The zero-order valence-electron chi connectivity index (χ0n) is 8.56. The first-order chi connectivity index (χ1) is 6.93. The number of carbonyl (C=O) groups is 1. The minimum atomic E-state index is -3.19. The molecule has 88 valence electrons. The van der Waals surface area contributed by atoms with Gasteiger partial charge in [-0.15, -0.1) is 0 Å². The first-order valence-corrected chi connectivity index (χ1v) is 4.47. The Labute approximate surface area is 86.9 Å². The number of rotatable bonds is 7. The van der Waals surface area contributed by atoms with Crippen LogP contribution in [0.3, 0.4) is 0 Å². The third kappa shape index (κ3) is 6.14. The van der Waals surface area contributed by atoms with Crippen molar-refractivity contribution < 1.29 is 23.4 Å². The highest BCUT2D eigenvalue weighted by molar-refractivity contribution is 5.88. The number of ether oxygens (including phenoxy) is 1. The van der Waals surface area contributed by atoms with Crippen LogP contribution in [0.15, 0.2) is 12.2 Å². The molecule has 0 atom stereocenters. The third-order valence-corrected chi connectivity index (χ3v) is 1.52. The average Bonchev–Trinajstić information content (AvgIpc) is 2.18. The summed E-state index contributed by atoms with van der Waals surface area (Å²) in [5.74, 6) is -3.80. The van der Waals surface area contributed by atoms with Crippen molar-refractivity contribution in [3.8, 4) is 0 Å². The zero-order chi connectivity index (χ0) is 11.9. The van der Waals surface area contributed by atoms with Crippen LogP contribution in [0.4, 0.5) is 8.78 Å². The van der Waals surface area contributed by atoms with Gasteiger partial charge in [-0.1, -0.05) is 6.58 Å². The Balaban J connectivity index is 3.77. The fraction of sp³-hybridized carbons (Fsp3) is 0.667. The highest BCUT2D eigenvalue weighted by Crippen LogP contribution is 2.09. The second kappa shape index (κ2) is 6.47. The fourth-order valence-electron chi connectivity index (χ4n) is 0.757. The number of alkyl halides is 2. The molecule has 0 aromatic carbocycles. The van der Waals surface area contributed by atoms with Crippen LogP contribution < -0.4 is 5.32 Å². The second-order valence-electron chi connectivity index (χ2n) is 2.94. The number of aliphatic hydroxyl groups is 1. The van der Waals surface area contributed by atoms with E-state index in [1.165, 1.54) is 0 Å². The minimum absolute atomic E-state index is 0.0746. The molecule has 0 bridgehead atoms. The molecule has 4 nitrogen and oxygen atoms in total. The molecule has 0 spiro atoms. The van der Waals surface area contributed by atoms with E-state index in [0.29, 0.717) is 0 Å². The van der Waals surface area contributed by atoms with Gasteiger partial charge in [0, 0.05) is 12.1 Å². The number of halogens is 2. The van der Waals surface area contributed by atoms with Crippen LogP contribution in [0, 0.1) is 0 Å². The predicted octanol–water partition coefficient (Wildman–Crippen LogP) is 0.323. The molecule has 0 amide bonds. The van der Waals surface area contributed by atoms with Crippen molar-refractivity contribution in [2.75, 3.05) is 26.3 Å². The van der Waals surface area contributed by atoms with Gasteiger partial charge in [0.25, 0.3) is 5.92 Å². The smallest absolute Gasteiger partial charge is 0.334 e. The maximum absolute atomic E-state index is 12.5. The van der Waals surface area contributed by atoms with E-state index in [1.54, 1.807) is 6.92 Å². The number of hydrogen-bond acceptors (Lipinski definition) is 4. The van der Waals surface area contributed by atoms with Crippen molar-refractivity contribution in [3.05, 3.63) is 12.2 Å². The Hall–Kier alpha value is -1.01. The molecule has 0 aliphatic rings. The number of nitrogens with one attached hydrogen (secondary N) is 1. The van der Waals surface area contributed by atoms with Crippen molar-refractivity contribution >= 4 is 5.97 Å². The molecule has 0 saturated carbocycles. The molecule has 0 fully saturated rings. The van der Waals surface area contributed by atoms with Crippen LogP contribution >= 0.6 is 0 Å². The normalized spacial score (nSPS) is 11.2. The van der Waals surface area contributed by atoms with E-state index in [2.05, 4.69) is 16.6 Å². The van der Waals surface area contributed by atoms with E-state index in [4.69, 9.17) is 5.11 Å². The summed E-state index contributed by atoms with van der Waals surface area (Å²) in [4.78, 5) is 11.0. The Bertz CT molecular complexity index is 231. The van der Waals surface area contributed by atoms with E-state index in [-0.39, 0.29) is 18.7 Å². The molecule has 0 aliphatic carbocycles. The van der Waals surface area contributed by atoms with E-state index in [9.17, 15) is 13.6 Å². The molecule has 0 aromatic heterocycles. The van der Waals surface area contributed by atoms with Gasteiger partial charge < -0.3 is 15.2 Å². The quantitative estimate of drug-likeness (QED) is 0.482. The molecule has 0 saturated heterocycles. The van der Waals surface area contributed by atoms with Gasteiger partial charge in [0.1, 0.15) is 6.61 Å². The predicted molar refractivity (Wildman–Crippen MR) is 50.7 cm³/mol. The van der Waals surface area contributed by atoms with Gasteiger partial charge in [0.15, 0.2) is 0 Å². The van der Waals surface area contributed by atoms with Crippen molar-refractivity contribution in [1.82, 2.24) is 5.32 Å². The number of hydrogen-bond donors (Lipinski definition) is 2. The van der Waals surface area contributed by atoms with Crippen LogP contribution in [0.2, 0.25) is 0 Å². The fourth-order valence-corrected chi connectivity index (χ4v) is 0.757. The van der Waals surface area contributed by atoms with E-state index >= 15 is 0 Å². The highest BCUT2D eigenvalue weighted by atomic mass is 19.3. The van der Waals surface area contributed by atoms with E-state index < -0.39 is 25.0 Å². The van der Waals surface area contributed by atoms with Crippen LogP contribution in [-0.2, 0) is 9.53 Å². The van der Waals surface area contributed by atoms with Crippen molar-refractivity contribution in [1.29, 1.82) is 0 Å². The van der Waals surface area contributed by atoms with E-state index in [0.717, 1.165) is 0 Å². The molecule has 0 aromatic rings. The van der Waals surface area contributed by atoms with Gasteiger partial charge in [-0.2, -0.15) is 0 Å². The van der Waals surface area contributed by atoms with Crippen molar-refractivity contribution in [2.24, 2.45) is 0 Å². The number of carbonyl (C=O) groups excluding carboxylic acids is 1. The maximum Gasteiger partial charge on any atom is 0.334 e.